The van der Waals surface area contributed by atoms with Crippen molar-refractivity contribution in [1.29, 1.82) is 0 Å². The van der Waals surface area contributed by atoms with E-state index in [1.807, 2.05) is 0 Å². The number of carbonyl (C=O) groups excluding carboxylic acids is 1. The van der Waals surface area contributed by atoms with Gasteiger partial charge in [-0.15, -0.1) is 0 Å². The van der Waals surface area contributed by atoms with Gasteiger partial charge in [0.25, 0.3) is 5.91 Å². The average Bonchev–Trinajstić information content (AvgIpc) is 2.41. The molecule has 1 heterocycles. The van der Waals surface area contributed by atoms with E-state index in [1.165, 1.54) is 12.3 Å². The van der Waals surface area contributed by atoms with Gasteiger partial charge in [0.15, 0.2) is 0 Å². The molecule has 0 atom stereocenters. The van der Waals surface area contributed by atoms with E-state index < -0.39 is 17.5 Å². The lowest BCUT2D eigenvalue weighted by atomic mass is 10.2. The minimum Gasteiger partial charge on any atom is -0.387 e. The SMILES string of the molecule is CNc1cc(C)ncc1C(=O)Nc1ccc(F)cc1F. The molecule has 0 aliphatic carbocycles. The van der Waals surface area contributed by atoms with E-state index in [4.69, 9.17) is 0 Å². The standard InChI is InChI=1S/C14H13F2N3O/c1-8-5-13(17-2)10(7-18-8)14(20)19-12-4-3-9(15)6-11(12)16/h3-7H,1-2H3,(H,17,18)(H,19,20). The average molecular weight is 277 g/mol. The maximum atomic E-state index is 13.5. The summed E-state index contributed by atoms with van der Waals surface area (Å²) >= 11 is 0. The van der Waals surface area contributed by atoms with Crippen molar-refractivity contribution in [3.8, 4) is 0 Å². The Labute approximate surface area is 114 Å². The van der Waals surface area contributed by atoms with E-state index in [1.54, 1.807) is 20.0 Å². The molecule has 0 spiro atoms. The summed E-state index contributed by atoms with van der Waals surface area (Å²) in [6.07, 6.45) is 1.40. The number of aryl methyl sites for hydroxylation is 1. The zero-order chi connectivity index (χ0) is 14.7. The molecule has 2 N–H and O–H groups in total. The van der Waals surface area contributed by atoms with Gasteiger partial charge in [-0.05, 0) is 25.1 Å². The summed E-state index contributed by atoms with van der Waals surface area (Å²) in [6.45, 7) is 1.79. The number of halogens is 2. The molecule has 0 aliphatic rings. The van der Waals surface area contributed by atoms with E-state index in [9.17, 15) is 13.6 Å². The lowest BCUT2D eigenvalue weighted by Crippen LogP contribution is -2.15. The predicted molar refractivity (Wildman–Crippen MR) is 72.8 cm³/mol. The van der Waals surface area contributed by atoms with Gasteiger partial charge in [-0.2, -0.15) is 0 Å². The third kappa shape index (κ3) is 2.90. The maximum absolute atomic E-state index is 13.5. The summed E-state index contributed by atoms with van der Waals surface area (Å²) in [4.78, 5) is 16.1. The van der Waals surface area contributed by atoms with E-state index in [2.05, 4.69) is 15.6 Å². The zero-order valence-electron chi connectivity index (χ0n) is 11.0. The number of hydrogen-bond acceptors (Lipinski definition) is 3. The van der Waals surface area contributed by atoms with E-state index >= 15 is 0 Å². The third-order valence-electron chi connectivity index (χ3n) is 2.73. The van der Waals surface area contributed by atoms with Crippen molar-refractivity contribution >= 4 is 17.3 Å². The highest BCUT2D eigenvalue weighted by Crippen LogP contribution is 2.19. The van der Waals surface area contributed by atoms with Gasteiger partial charge >= 0.3 is 0 Å². The van der Waals surface area contributed by atoms with Crippen LogP contribution in [0.5, 0.6) is 0 Å². The highest BCUT2D eigenvalue weighted by Gasteiger charge is 2.14. The molecule has 6 heteroatoms. The predicted octanol–water partition coefficient (Wildman–Crippen LogP) is 2.96. The first-order chi connectivity index (χ1) is 9.51. The number of nitrogens with one attached hydrogen (secondary N) is 2. The first kappa shape index (κ1) is 13.9. The summed E-state index contributed by atoms with van der Waals surface area (Å²) in [7, 11) is 1.67. The van der Waals surface area contributed by atoms with Gasteiger partial charge in [-0.25, -0.2) is 8.78 Å². The first-order valence-corrected chi connectivity index (χ1v) is 5.92. The molecule has 2 rings (SSSR count). The first-order valence-electron chi connectivity index (χ1n) is 5.92. The Morgan fingerprint density at radius 3 is 2.60 bits per heavy atom. The van der Waals surface area contributed by atoms with Gasteiger partial charge in [-0.1, -0.05) is 0 Å². The summed E-state index contributed by atoms with van der Waals surface area (Å²) in [6, 6.07) is 4.66. The molecule has 0 bridgehead atoms. The van der Waals surface area contributed by atoms with Crippen molar-refractivity contribution in [3.05, 3.63) is 53.4 Å². The molecule has 0 unspecified atom stereocenters. The highest BCUT2D eigenvalue weighted by molar-refractivity contribution is 6.07. The van der Waals surface area contributed by atoms with Crippen LogP contribution in [0, 0.1) is 18.6 Å². The van der Waals surface area contributed by atoms with E-state index in [-0.39, 0.29) is 11.3 Å². The molecule has 2 aromatic rings. The monoisotopic (exact) mass is 277 g/mol. The molecule has 0 aliphatic heterocycles. The molecular weight excluding hydrogens is 264 g/mol. The minimum absolute atomic E-state index is 0.0842. The van der Waals surface area contributed by atoms with Crippen LogP contribution in [-0.4, -0.2) is 17.9 Å². The summed E-state index contributed by atoms with van der Waals surface area (Å²) < 4.78 is 26.3. The van der Waals surface area contributed by atoms with Gasteiger partial charge < -0.3 is 10.6 Å². The van der Waals surface area contributed by atoms with Crippen LogP contribution in [0.25, 0.3) is 0 Å². The molecule has 20 heavy (non-hydrogen) atoms. The van der Waals surface area contributed by atoms with Crippen LogP contribution in [0.1, 0.15) is 16.1 Å². The minimum atomic E-state index is -0.829. The Hall–Kier alpha value is -2.50. The van der Waals surface area contributed by atoms with Crippen LogP contribution >= 0.6 is 0 Å². The van der Waals surface area contributed by atoms with Gasteiger partial charge in [-0.3, -0.25) is 9.78 Å². The van der Waals surface area contributed by atoms with Gasteiger partial charge in [0.2, 0.25) is 0 Å². The van der Waals surface area contributed by atoms with Crippen molar-refractivity contribution in [1.82, 2.24) is 4.98 Å². The molecule has 1 aromatic carbocycles. The van der Waals surface area contributed by atoms with Crippen LogP contribution in [0.15, 0.2) is 30.5 Å². The second-order valence-electron chi connectivity index (χ2n) is 4.20. The number of anilines is 2. The van der Waals surface area contributed by atoms with Crippen LogP contribution in [-0.2, 0) is 0 Å². The second kappa shape index (κ2) is 5.64. The largest absolute Gasteiger partial charge is 0.387 e. The molecule has 0 fully saturated rings. The maximum Gasteiger partial charge on any atom is 0.259 e. The smallest absolute Gasteiger partial charge is 0.259 e. The fourth-order valence-electron chi connectivity index (χ4n) is 1.73. The van der Waals surface area contributed by atoms with Crippen molar-refractivity contribution in [2.75, 3.05) is 17.7 Å². The Bertz CT molecular complexity index is 659. The van der Waals surface area contributed by atoms with E-state index in [0.29, 0.717) is 11.8 Å². The number of pyridine rings is 1. The van der Waals surface area contributed by atoms with Gasteiger partial charge in [0.05, 0.1) is 16.9 Å². The number of aromatic nitrogens is 1. The van der Waals surface area contributed by atoms with E-state index in [0.717, 1.165) is 11.8 Å². The normalized spacial score (nSPS) is 10.2. The summed E-state index contributed by atoms with van der Waals surface area (Å²) in [5.41, 5.74) is 1.53. The Morgan fingerprint density at radius 1 is 1.20 bits per heavy atom. The second-order valence-corrected chi connectivity index (χ2v) is 4.20. The fraction of sp³-hybridized carbons (Fsp3) is 0.143. The number of nitrogens with zero attached hydrogens (tertiary/aromatic N) is 1. The van der Waals surface area contributed by atoms with Gasteiger partial charge in [0, 0.05) is 25.0 Å². The van der Waals surface area contributed by atoms with Crippen LogP contribution in [0.3, 0.4) is 0 Å². The third-order valence-corrected chi connectivity index (χ3v) is 2.73. The number of rotatable bonds is 3. The fourth-order valence-corrected chi connectivity index (χ4v) is 1.73. The highest BCUT2D eigenvalue weighted by atomic mass is 19.1. The van der Waals surface area contributed by atoms with Crippen molar-refractivity contribution < 1.29 is 13.6 Å². The number of benzene rings is 1. The van der Waals surface area contributed by atoms with Crippen molar-refractivity contribution in [2.45, 2.75) is 6.92 Å². The Kier molecular flexibility index (Phi) is 3.93. The molecular formula is C14H13F2N3O. The number of amides is 1. The van der Waals surface area contributed by atoms with Crippen molar-refractivity contribution in [3.63, 3.8) is 0 Å². The summed E-state index contributed by atoms with van der Waals surface area (Å²) in [5, 5.41) is 5.26. The molecule has 0 saturated carbocycles. The van der Waals surface area contributed by atoms with Crippen LogP contribution in [0.4, 0.5) is 20.2 Å². The molecule has 1 aromatic heterocycles. The molecule has 4 nitrogen and oxygen atoms in total. The molecule has 104 valence electrons. The van der Waals surface area contributed by atoms with Crippen LogP contribution < -0.4 is 10.6 Å². The zero-order valence-corrected chi connectivity index (χ0v) is 11.0. The topological polar surface area (TPSA) is 54.0 Å². The lowest BCUT2D eigenvalue weighted by Gasteiger charge is -2.10. The quantitative estimate of drug-likeness (QED) is 0.907. The summed E-state index contributed by atoms with van der Waals surface area (Å²) in [5.74, 6) is -2.05. The molecule has 0 saturated heterocycles. The Balaban J connectivity index is 2.28. The van der Waals surface area contributed by atoms with Crippen LogP contribution in [0.2, 0.25) is 0 Å². The molecule has 1 amide bonds. The van der Waals surface area contributed by atoms with Gasteiger partial charge in [0.1, 0.15) is 11.6 Å². The number of hydrogen-bond donors (Lipinski definition) is 2. The van der Waals surface area contributed by atoms with Crippen molar-refractivity contribution in [2.24, 2.45) is 0 Å². The number of carbonyl (C=O) groups is 1. The Morgan fingerprint density at radius 2 is 1.95 bits per heavy atom. The lowest BCUT2D eigenvalue weighted by molar-refractivity contribution is 0.102. The molecule has 0 radical (unpaired) electrons.